The molecule has 2 amide bonds. The summed E-state index contributed by atoms with van der Waals surface area (Å²) in [5.74, 6) is -0.0275. The predicted molar refractivity (Wildman–Crippen MR) is 93.9 cm³/mol. The number of carbonyl (C=O) groups is 2. The molecule has 0 radical (unpaired) electrons. The van der Waals surface area contributed by atoms with Crippen molar-refractivity contribution in [3.05, 3.63) is 70.7 Å². The van der Waals surface area contributed by atoms with Crippen molar-refractivity contribution in [1.29, 1.82) is 0 Å². The monoisotopic (exact) mass is 342 g/mol. The predicted octanol–water partition coefficient (Wildman–Crippen LogP) is 3.39. The normalized spacial score (nSPS) is 17.7. The third-order valence-corrected chi connectivity index (χ3v) is 4.56. The highest BCUT2D eigenvalue weighted by atomic mass is 35.5. The van der Waals surface area contributed by atoms with E-state index in [0.29, 0.717) is 30.2 Å². The summed E-state index contributed by atoms with van der Waals surface area (Å²) in [4.78, 5) is 28.4. The number of carbonyl (C=O) groups excluding carboxylic acids is 2. The van der Waals surface area contributed by atoms with Crippen molar-refractivity contribution in [2.45, 2.75) is 13.0 Å². The van der Waals surface area contributed by atoms with Gasteiger partial charge in [0.05, 0.1) is 6.04 Å². The second-order valence-corrected chi connectivity index (χ2v) is 6.34. The van der Waals surface area contributed by atoms with Crippen LogP contribution in [0.1, 0.15) is 28.9 Å². The zero-order valence-corrected chi connectivity index (χ0v) is 14.2. The van der Waals surface area contributed by atoms with Gasteiger partial charge in [0.25, 0.3) is 5.91 Å². The van der Waals surface area contributed by atoms with E-state index in [0.717, 1.165) is 5.56 Å². The molecule has 0 aromatic heterocycles. The molecule has 0 spiro atoms. The lowest BCUT2D eigenvalue weighted by Gasteiger charge is -2.41. The summed E-state index contributed by atoms with van der Waals surface area (Å²) in [6.45, 7) is 3.11. The van der Waals surface area contributed by atoms with Crippen molar-refractivity contribution >= 4 is 23.4 Å². The molecule has 2 aromatic rings. The highest BCUT2D eigenvalue weighted by Gasteiger charge is 2.32. The van der Waals surface area contributed by atoms with E-state index in [9.17, 15) is 9.59 Å². The van der Waals surface area contributed by atoms with E-state index < -0.39 is 0 Å². The van der Waals surface area contributed by atoms with Gasteiger partial charge in [0.15, 0.2) is 0 Å². The molecular formula is C19H19ClN2O2. The van der Waals surface area contributed by atoms with Crippen LogP contribution in [-0.4, -0.2) is 41.2 Å². The molecule has 1 heterocycles. The Morgan fingerprint density at radius 3 is 2.46 bits per heavy atom. The largest absolute Gasteiger partial charge is 0.334 e. The molecule has 0 N–H and O–H groups in total. The first kappa shape index (κ1) is 16.5. The van der Waals surface area contributed by atoms with Gasteiger partial charge in [0, 0.05) is 37.1 Å². The van der Waals surface area contributed by atoms with Gasteiger partial charge < -0.3 is 9.80 Å². The van der Waals surface area contributed by atoms with E-state index in [4.69, 9.17) is 11.6 Å². The van der Waals surface area contributed by atoms with Gasteiger partial charge >= 0.3 is 0 Å². The summed E-state index contributed by atoms with van der Waals surface area (Å²) in [6, 6.07) is 16.7. The van der Waals surface area contributed by atoms with Crippen LogP contribution in [0.25, 0.3) is 0 Å². The molecule has 0 saturated carbocycles. The zero-order valence-electron chi connectivity index (χ0n) is 13.5. The zero-order chi connectivity index (χ0) is 17.1. The van der Waals surface area contributed by atoms with Crippen LogP contribution in [0.4, 0.5) is 0 Å². The number of hydrogen-bond donors (Lipinski definition) is 0. The van der Waals surface area contributed by atoms with Crippen LogP contribution in [-0.2, 0) is 4.79 Å². The molecule has 1 saturated heterocycles. The Labute approximate surface area is 146 Å². The molecule has 0 aliphatic carbocycles. The minimum Gasteiger partial charge on any atom is -0.334 e. The Balaban J connectivity index is 1.85. The molecule has 1 unspecified atom stereocenters. The second kappa shape index (κ2) is 7.05. The second-order valence-electron chi connectivity index (χ2n) is 5.90. The maximum atomic E-state index is 12.8. The Bertz CT molecular complexity index is 748. The average molecular weight is 343 g/mol. The first-order valence-corrected chi connectivity index (χ1v) is 8.31. The van der Waals surface area contributed by atoms with Gasteiger partial charge in [-0.15, -0.1) is 0 Å². The first-order valence-electron chi connectivity index (χ1n) is 7.93. The van der Waals surface area contributed by atoms with Crippen LogP contribution in [0.15, 0.2) is 54.6 Å². The van der Waals surface area contributed by atoms with Crippen LogP contribution in [0.2, 0.25) is 5.02 Å². The molecule has 1 aliphatic rings. The third-order valence-electron chi connectivity index (χ3n) is 4.33. The summed E-state index contributed by atoms with van der Waals surface area (Å²) in [7, 11) is 0. The lowest BCUT2D eigenvalue weighted by atomic mass is 10.0. The fourth-order valence-corrected chi connectivity index (χ4v) is 3.30. The maximum absolute atomic E-state index is 12.8. The summed E-state index contributed by atoms with van der Waals surface area (Å²) in [5, 5.41) is 0.544. The lowest BCUT2D eigenvalue weighted by Crippen LogP contribution is -2.51. The van der Waals surface area contributed by atoms with Gasteiger partial charge in [-0.05, 0) is 23.8 Å². The van der Waals surface area contributed by atoms with Gasteiger partial charge in [-0.25, -0.2) is 0 Å². The van der Waals surface area contributed by atoms with Crippen LogP contribution in [0.5, 0.6) is 0 Å². The molecule has 24 heavy (non-hydrogen) atoms. The van der Waals surface area contributed by atoms with E-state index in [1.165, 1.54) is 0 Å². The Hall–Kier alpha value is -2.33. The molecule has 1 atom stereocenters. The molecular weight excluding hydrogens is 324 g/mol. The minimum absolute atomic E-state index is 0.0266. The number of hydrogen-bond acceptors (Lipinski definition) is 2. The van der Waals surface area contributed by atoms with Gasteiger partial charge in [-0.2, -0.15) is 0 Å². The molecule has 1 fully saturated rings. The van der Waals surface area contributed by atoms with Crippen LogP contribution >= 0.6 is 11.6 Å². The highest BCUT2D eigenvalue weighted by molar-refractivity contribution is 6.30. The topological polar surface area (TPSA) is 40.6 Å². The highest BCUT2D eigenvalue weighted by Crippen LogP contribution is 2.26. The minimum atomic E-state index is -0.124. The molecule has 5 heteroatoms. The molecule has 1 aliphatic heterocycles. The Kier molecular flexibility index (Phi) is 4.86. The summed E-state index contributed by atoms with van der Waals surface area (Å²) in [5.41, 5.74) is 1.61. The number of halogens is 1. The number of benzene rings is 2. The standard InChI is InChI=1S/C19H19ClN2O2/c1-14(23)22-11-10-21(13-18(22)15-6-3-2-4-7-15)19(24)16-8-5-9-17(20)12-16/h2-9,12,18H,10-11,13H2,1H3. The molecule has 0 bridgehead atoms. The third kappa shape index (κ3) is 3.44. The van der Waals surface area contributed by atoms with Crippen LogP contribution in [0, 0.1) is 0 Å². The maximum Gasteiger partial charge on any atom is 0.254 e. The smallest absolute Gasteiger partial charge is 0.254 e. The SMILES string of the molecule is CC(=O)N1CCN(C(=O)c2cccc(Cl)c2)CC1c1ccccc1. The summed E-state index contributed by atoms with van der Waals surface area (Å²) >= 11 is 5.99. The number of amides is 2. The summed E-state index contributed by atoms with van der Waals surface area (Å²) in [6.07, 6.45) is 0. The van der Waals surface area contributed by atoms with Crippen LogP contribution in [0.3, 0.4) is 0 Å². The average Bonchev–Trinajstić information content (AvgIpc) is 2.61. The fraction of sp³-hybridized carbons (Fsp3) is 0.263. The van der Waals surface area contributed by atoms with E-state index in [-0.39, 0.29) is 17.9 Å². The van der Waals surface area contributed by atoms with Gasteiger partial charge in [0.2, 0.25) is 5.91 Å². The van der Waals surface area contributed by atoms with Crippen molar-refractivity contribution < 1.29 is 9.59 Å². The quantitative estimate of drug-likeness (QED) is 0.839. The molecule has 124 valence electrons. The van der Waals surface area contributed by atoms with Gasteiger partial charge in [-0.1, -0.05) is 48.0 Å². The van der Waals surface area contributed by atoms with E-state index >= 15 is 0 Å². The number of nitrogens with zero attached hydrogens (tertiary/aromatic N) is 2. The summed E-state index contributed by atoms with van der Waals surface area (Å²) < 4.78 is 0. The number of piperazine rings is 1. The van der Waals surface area contributed by atoms with Crippen molar-refractivity contribution in [2.75, 3.05) is 19.6 Å². The van der Waals surface area contributed by atoms with Crippen molar-refractivity contribution in [2.24, 2.45) is 0 Å². The van der Waals surface area contributed by atoms with Crippen molar-refractivity contribution in [1.82, 2.24) is 9.80 Å². The Morgan fingerprint density at radius 2 is 1.79 bits per heavy atom. The molecule has 3 rings (SSSR count). The van der Waals surface area contributed by atoms with E-state index in [2.05, 4.69) is 0 Å². The number of rotatable bonds is 2. The fourth-order valence-electron chi connectivity index (χ4n) is 3.11. The lowest BCUT2D eigenvalue weighted by molar-refractivity contribution is -0.133. The van der Waals surface area contributed by atoms with E-state index in [1.807, 2.05) is 35.2 Å². The molecule has 2 aromatic carbocycles. The van der Waals surface area contributed by atoms with Crippen LogP contribution < -0.4 is 0 Å². The Morgan fingerprint density at radius 1 is 1.04 bits per heavy atom. The first-order chi connectivity index (χ1) is 11.6. The van der Waals surface area contributed by atoms with Crippen molar-refractivity contribution in [3.8, 4) is 0 Å². The van der Waals surface area contributed by atoms with E-state index in [1.54, 1.807) is 36.1 Å². The van der Waals surface area contributed by atoms with Crippen molar-refractivity contribution in [3.63, 3.8) is 0 Å². The van der Waals surface area contributed by atoms with Gasteiger partial charge in [-0.3, -0.25) is 9.59 Å². The van der Waals surface area contributed by atoms with Gasteiger partial charge in [0.1, 0.15) is 0 Å². The molecule has 4 nitrogen and oxygen atoms in total.